The van der Waals surface area contributed by atoms with Crippen LogP contribution in [0.25, 0.3) is 0 Å². The molecule has 0 bridgehead atoms. The van der Waals surface area contributed by atoms with Crippen LogP contribution in [0.1, 0.15) is 15.9 Å². The van der Waals surface area contributed by atoms with Crippen LogP contribution in [0.5, 0.6) is 5.88 Å². The van der Waals surface area contributed by atoms with Crippen LogP contribution in [0.3, 0.4) is 0 Å². The first-order valence-corrected chi connectivity index (χ1v) is 5.71. The quantitative estimate of drug-likeness (QED) is 0.935. The number of halogens is 2. The van der Waals surface area contributed by atoms with Crippen LogP contribution in [0.2, 0.25) is 5.02 Å². The van der Waals surface area contributed by atoms with E-state index in [1.165, 1.54) is 18.3 Å². The second-order valence-electron chi connectivity index (χ2n) is 3.69. The highest BCUT2D eigenvalue weighted by molar-refractivity contribution is 6.33. The summed E-state index contributed by atoms with van der Waals surface area (Å²) in [5.74, 6) is -1.50. The van der Waals surface area contributed by atoms with Crippen molar-refractivity contribution in [3.63, 3.8) is 0 Å². The van der Waals surface area contributed by atoms with Crippen LogP contribution in [-0.2, 0) is 6.61 Å². The molecule has 0 atom stereocenters. The maximum atomic E-state index is 13.3. The van der Waals surface area contributed by atoms with Gasteiger partial charge in [-0.1, -0.05) is 29.8 Å². The van der Waals surface area contributed by atoms with Gasteiger partial charge >= 0.3 is 5.97 Å². The van der Waals surface area contributed by atoms with Crippen LogP contribution in [0, 0.1) is 5.82 Å². The van der Waals surface area contributed by atoms with E-state index >= 15 is 0 Å². The molecule has 1 aromatic carbocycles. The maximum absolute atomic E-state index is 13.3. The zero-order valence-corrected chi connectivity index (χ0v) is 10.4. The Morgan fingerprint density at radius 1 is 1.42 bits per heavy atom. The molecule has 19 heavy (non-hydrogen) atoms. The second kappa shape index (κ2) is 5.67. The van der Waals surface area contributed by atoms with Gasteiger partial charge in [0.1, 0.15) is 12.4 Å². The van der Waals surface area contributed by atoms with Crippen LogP contribution >= 0.6 is 11.6 Å². The Labute approximate surface area is 113 Å². The Morgan fingerprint density at radius 3 is 2.84 bits per heavy atom. The summed E-state index contributed by atoms with van der Waals surface area (Å²) < 4.78 is 18.6. The largest absolute Gasteiger partial charge is 0.478 e. The molecule has 98 valence electrons. The summed E-state index contributed by atoms with van der Waals surface area (Å²) >= 11 is 5.67. The molecule has 1 aromatic heterocycles. The van der Waals surface area contributed by atoms with Crippen molar-refractivity contribution in [1.82, 2.24) is 4.98 Å². The van der Waals surface area contributed by atoms with E-state index in [9.17, 15) is 9.18 Å². The van der Waals surface area contributed by atoms with Gasteiger partial charge in [0, 0.05) is 11.6 Å². The molecule has 2 rings (SSSR count). The average Bonchev–Trinajstić information content (AvgIpc) is 2.39. The van der Waals surface area contributed by atoms with Crippen molar-refractivity contribution in [3.8, 4) is 5.88 Å². The molecule has 0 spiro atoms. The maximum Gasteiger partial charge on any atom is 0.337 e. The molecule has 0 amide bonds. The Hall–Kier alpha value is -2.14. The summed E-state index contributed by atoms with van der Waals surface area (Å²) in [6.45, 7) is -0.0413. The van der Waals surface area contributed by atoms with Crippen molar-refractivity contribution in [2.24, 2.45) is 0 Å². The number of aromatic carboxylic acids is 1. The standard InChI is InChI=1S/C13H9ClFNO3/c14-10-6-16-12(5-9(10)13(17)18)19-7-8-3-1-2-4-11(8)15/h1-6H,7H2,(H,17,18). The van der Waals surface area contributed by atoms with E-state index in [4.69, 9.17) is 21.4 Å². The number of hydrogen-bond acceptors (Lipinski definition) is 3. The zero-order valence-electron chi connectivity index (χ0n) is 9.64. The lowest BCUT2D eigenvalue weighted by molar-refractivity contribution is 0.0696. The highest BCUT2D eigenvalue weighted by Crippen LogP contribution is 2.20. The number of carbonyl (C=O) groups is 1. The summed E-state index contributed by atoms with van der Waals surface area (Å²) in [5.41, 5.74) is 0.247. The van der Waals surface area contributed by atoms with E-state index in [1.54, 1.807) is 18.2 Å². The molecular formula is C13H9ClFNO3. The third kappa shape index (κ3) is 3.20. The molecule has 0 fully saturated rings. The van der Waals surface area contributed by atoms with Crippen molar-refractivity contribution < 1.29 is 19.0 Å². The van der Waals surface area contributed by atoms with Gasteiger partial charge in [-0.15, -0.1) is 0 Å². The molecular weight excluding hydrogens is 273 g/mol. The van der Waals surface area contributed by atoms with E-state index in [2.05, 4.69) is 4.98 Å². The lowest BCUT2D eigenvalue weighted by Gasteiger charge is -2.07. The molecule has 0 radical (unpaired) electrons. The van der Waals surface area contributed by atoms with Crippen LogP contribution < -0.4 is 4.74 Å². The summed E-state index contributed by atoms with van der Waals surface area (Å²) in [5, 5.41) is 8.91. The molecule has 1 heterocycles. The first-order valence-electron chi connectivity index (χ1n) is 5.33. The van der Waals surface area contributed by atoms with Gasteiger partial charge in [-0.3, -0.25) is 0 Å². The Balaban J connectivity index is 2.14. The highest BCUT2D eigenvalue weighted by atomic mass is 35.5. The Morgan fingerprint density at radius 2 is 2.16 bits per heavy atom. The van der Waals surface area contributed by atoms with Gasteiger partial charge in [0.25, 0.3) is 0 Å². The Kier molecular flexibility index (Phi) is 3.97. The van der Waals surface area contributed by atoms with E-state index in [-0.39, 0.29) is 23.1 Å². The van der Waals surface area contributed by atoms with Crippen molar-refractivity contribution in [2.75, 3.05) is 0 Å². The van der Waals surface area contributed by atoms with Gasteiger partial charge in [-0.05, 0) is 6.07 Å². The smallest absolute Gasteiger partial charge is 0.337 e. The Bertz CT molecular complexity index is 619. The molecule has 0 aliphatic heterocycles. The number of pyridine rings is 1. The SMILES string of the molecule is O=C(O)c1cc(OCc2ccccc2F)ncc1Cl. The molecule has 0 aliphatic rings. The van der Waals surface area contributed by atoms with Gasteiger partial charge < -0.3 is 9.84 Å². The third-order valence-electron chi connectivity index (χ3n) is 2.39. The first kappa shape index (κ1) is 13.3. The third-order valence-corrected chi connectivity index (χ3v) is 2.70. The summed E-state index contributed by atoms with van der Waals surface area (Å²) in [6.07, 6.45) is 1.18. The number of rotatable bonds is 4. The van der Waals surface area contributed by atoms with Crippen LogP contribution in [-0.4, -0.2) is 16.1 Å². The minimum absolute atomic E-state index is 0.0192. The summed E-state index contributed by atoms with van der Waals surface area (Å²) in [7, 11) is 0. The predicted octanol–water partition coefficient (Wildman–Crippen LogP) is 3.15. The predicted molar refractivity (Wildman–Crippen MR) is 66.9 cm³/mol. The number of carboxylic acids is 1. The highest BCUT2D eigenvalue weighted by Gasteiger charge is 2.11. The van der Waals surface area contributed by atoms with Gasteiger partial charge in [0.05, 0.1) is 16.8 Å². The van der Waals surface area contributed by atoms with Gasteiger partial charge in [-0.2, -0.15) is 0 Å². The molecule has 6 heteroatoms. The van der Waals surface area contributed by atoms with Gasteiger partial charge in [0.2, 0.25) is 5.88 Å². The van der Waals surface area contributed by atoms with Crippen LogP contribution in [0.4, 0.5) is 4.39 Å². The fourth-order valence-corrected chi connectivity index (χ4v) is 1.61. The number of aromatic nitrogens is 1. The number of hydrogen-bond donors (Lipinski definition) is 1. The lowest BCUT2D eigenvalue weighted by Crippen LogP contribution is -2.03. The number of nitrogens with zero attached hydrogens (tertiary/aromatic N) is 1. The number of carboxylic acid groups (broad SMARTS) is 1. The molecule has 2 aromatic rings. The van der Waals surface area contributed by atoms with Crippen molar-refractivity contribution >= 4 is 17.6 Å². The topological polar surface area (TPSA) is 59.4 Å². The first-order chi connectivity index (χ1) is 9.08. The minimum atomic E-state index is -1.18. The number of ether oxygens (including phenoxy) is 1. The molecule has 4 nitrogen and oxygen atoms in total. The fourth-order valence-electron chi connectivity index (χ4n) is 1.43. The molecule has 0 saturated carbocycles. The second-order valence-corrected chi connectivity index (χ2v) is 4.09. The molecule has 0 unspecified atom stereocenters. The van der Waals surface area contributed by atoms with E-state index in [0.29, 0.717) is 5.56 Å². The fraction of sp³-hybridized carbons (Fsp3) is 0.0769. The van der Waals surface area contributed by atoms with Gasteiger partial charge in [0.15, 0.2) is 0 Å². The van der Waals surface area contributed by atoms with Crippen molar-refractivity contribution in [3.05, 3.63) is 58.5 Å². The number of benzene rings is 1. The normalized spacial score (nSPS) is 10.2. The van der Waals surface area contributed by atoms with Crippen LogP contribution in [0.15, 0.2) is 36.5 Å². The monoisotopic (exact) mass is 281 g/mol. The molecule has 0 saturated heterocycles. The molecule has 0 aliphatic carbocycles. The zero-order chi connectivity index (χ0) is 13.8. The average molecular weight is 282 g/mol. The van der Waals surface area contributed by atoms with E-state index in [1.807, 2.05) is 0 Å². The molecule has 1 N–H and O–H groups in total. The summed E-state index contributed by atoms with van der Waals surface area (Å²) in [6, 6.07) is 7.34. The van der Waals surface area contributed by atoms with E-state index < -0.39 is 11.8 Å². The van der Waals surface area contributed by atoms with Crippen molar-refractivity contribution in [2.45, 2.75) is 6.61 Å². The lowest BCUT2D eigenvalue weighted by atomic mass is 10.2. The van der Waals surface area contributed by atoms with Crippen molar-refractivity contribution in [1.29, 1.82) is 0 Å². The van der Waals surface area contributed by atoms with Gasteiger partial charge in [-0.25, -0.2) is 14.2 Å². The minimum Gasteiger partial charge on any atom is -0.478 e. The summed E-state index contributed by atoms with van der Waals surface area (Å²) in [4.78, 5) is 14.7. The van der Waals surface area contributed by atoms with E-state index in [0.717, 1.165) is 0 Å².